The van der Waals surface area contributed by atoms with E-state index in [4.69, 9.17) is 20.4 Å². The third kappa shape index (κ3) is 4.03. The number of ether oxygens (including phenoxy) is 1. The SMILES string of the molecule is COC1(C)CC(Cn2c(-c3cc4cccnc4n3CC3CC3)nc3cc(C(=O)N4C[C@H]5CC[C@@H]4[C@@H]5N)cc(F)c32)C1. The normalized spacial score (nSPS) is 29.1. The van der Waals surface area contributed by atoms with Gasteiger partial charge in [0.25, 0.3) is 5.91 Å². The zero-order valence-electron chi connectivity index (χ0n) is 23.7. The fourth-order valence-corrected chi connectivity index (χ4v) is 7.89. The molecule has 1 amide bonds. The summed E-state index contributed by atoms with van der Waals surface area (Å²) < 4.78 is 26.2. The third-order valence-corrected chi connectivity index (χ3v) is 10.4. The first kappa shape index (κ1) is 25.4. The van der Waals surface area contributed by atoms with E-state index in [9.17, 15) is 4.79 Å². The minimum Gasteiger partial charge on any atom is -0.379 e. The Labute approximate surface area is 238 Å². The summed E-state index contributed by atoms with van der Waals surface area (Å²) in [7, 11) is 1.76. The Hall–Kier alpha value is -3.30. The molecule has 2 N–H and O–H groups in total. The van der Waals surface area contributed by atoms with Crippen molar-refractivity contribution in [3.8, 4) is 11.5 Å². The standard InChI is InChI=1S/C32H37FN6O2/c1-32(41-2)13-19(14-32)16-39-28-23(33)10-22(31(40)38-17-21-7-8-25(38)27(21)34)11-24(28)36-30(39)26-12-20-4-3-9-35-29(20)37(26)15-18-5-6-18/h3-4,9-12,18-19,21,25,27H,5-8,13-17,34H2,1-2H3/t19?,21-,25-,27-,32?/m1/s1. The number of pyridine rings is 1. The number of benzene rings is 1. The lowest BCUT2D eigenvalue weighted by atomic mass is 9.72. The van der Waals surface area contributed by atoms with Crippen LogP contribution in [-0.2, 0) is 17.8 Å². The van der Waals surface area contributed by atoms with Gasteiger partial charge in [-0.15, -0.1) is 0 Å². The minimum absolute atomic E-state index is 0.0144. The van der Waals surface area contributed by atoms with Gasteiger partial charge in [0.2, 0.25) is 0 Å². The van der Waals surface area contributed by atoms with Gasteiger partial charge in [-0.1, -0.05) is 0 Å². The quantitative estimate of drug-likeness (QED) is 0.347. The summed E-state index contributed by atoms with van der Waals surface area (Å²) in [4.78, 5) is 25.3. The number of likely N-dealkylation sites (tertiary alicyclic amines) is 1. The van der Waals surface area contributed by atoms with Crippen LogP contribution in [0.2, 0.25) is 0 Å². The van der Waals surface area contributed by atoms with Crippen LogP contribution in [0.15, 0.2) is 36.5 Å². The van der Waals surface area contributed by atoms with Gasteiger partial charge in [-0.2, -0.15) is 0 Å². The molecule has 3 aliphatic carbocycles. The maximum atomic E-state index is 16.2. The topological polar surface area (TPSA) is 91.2 Å². The van der Waals surface area contributed by atoms with E-state index in [0.717, 1.165) is 54.8 Å². The van der Waals surface area contributed by atoms with Gasteiger partial charge in [0.1, 0.15) is 17.0 Å². The highest BCUT2D eigenvalue weighted by Gasteiger charge is 2.47. The lowest BCUT2D eigenvalue weighted by molar-refractivity contribution is -0.0937. The van der Waals surface area contributed by atoms with Gasteiger partial charge in [0.05, 0.1) is 16.8 Å². The number of nitrogens with two attached hydrogens (primary N) is 1. The molecule has 0 spiro atoms. The van der Waals surface area contributed by atoms with Crippen LogP contribution in [0.3, 0.4) is 0 Å². The Morgan fingerprint density at radius 2 is 1.93 bits per heavy atom. The van der Waals surface area contributed by atoms with Crippen LogP contribution in [0.5, 0.6) is 0 Å². The number of carbonyl (C=O) groups excluding carboxylic acids is 1. The van der Waals surface area contributed by atoms with E-state index >= 15 is 4.39 Å². The predicted molar refractivity (Wildman–Crippen MR) is 155 cm³/mol. The van der Waals surface area contributed by atoms with E-state index in [1.54, 1.807) is 13.2 Å². The number of nitrogens with zero attached hydrogens (tertiary/aromatic N) is 5. The number of hydrogen-bond acceptors (Lipinski definition) is 5. The lowest BCUT2D eigenvalue weighted by Crippen LogP contribution is -2.44. The molecule has 41 heavy (non-hydrogen) atoms. The first-order valence-electron chi connectivity index (χ1n) is 15.1. The molecule has 8 rings (SSSR count). The summed E-state index contributed by atoms with van der Waals surface area (Å²) in [5.41, 5.74) is 9.44. The van der Waals surface area contributed by atoms with Gasteiger partial charge in [0, 0.05) is 56.0 Å². The van der Waals surface area contributed by atoms with Crippen molar-refractivity contribution >= 4 is 28.0 Å². The molecule has 214 valence electrons. The van der Waals surface area contributed by atoms with Crippen LogP contribution in [0, 0.1) is 23.6 Å². The van der Waals surface area contributed by atoms with Gasteiger partial charge >= 0.3 is 0 Å². The van der Waals surface area contributed by atoms with Crippen molar-refractivity contribution in [2.75, 3.05) is 13.7 Å². The van der Waals surface area contributed by atoms with Crippen LogP contribution < -0.4 is 5.73 Å². The average Bonchev–Trinajstić information content (AvgIpc) is 3.31. The number of rotatable bonds is 7. The summed E-state index contributed by atoms with van der Waals surface area (Å²) in [5.74, 6) is 1.49. The van der Waals surface area contributed by atoms with Crippen molar-refractivity contribution in [3.63, 3.8) is 0 Å². The molecule has 3 saturated carbocycles. The zero-order chi connectivity index (χ0) is 28.0. The minimum atomic E-state index is -0.407. The third-order valence-electron chi connectivity index (χ3n) is 10.4. The van der Waals surface area contributed by atoms with E-state index in [0.29, 0.717) is 47.4 Å². The van der Waals surface area contributed by atoms with E-state index in [-0.39, 0.29) is 23.6 Å². The van der Waals surface area contributed by atoms with Crippen molar-refractivity contribution in [2.24, 2.45) is 23.5 Å². The molecule has 1 aliphatic heterocycles. The predicted octanol–water partition coefficient (Wildman–Crippen LogP) is 4.98. The number of aromatic nitrogens is 4. The smallest absolute Gasteiger partial charge is 0.254 e. The number of piperidine rings is 1. The summed E-state index contributed by atoms with van der Waals surface area (Å²) in [6, 6.07) is 9.40. The molecule has 1 aromatic carbocycles. The largest absolute Gasteiger partial charge is 0.379 e. The molecule has 1 saturated heterocycles. The van der Waals surface area contributed by atoms with Crippen LogP contribution in [0.1, 0.15) is 55.8 Å². The molecule has 0 radical (unpaired) electrons. The first-order valence-corrected chi connectivity index (χ1v) is 15.1. The average molecular weight is 557 g/mol. The number of fused-ring (bicyclic) bond motifs is 4. The van der Waals surface area contributed by atoms with Crippen LogP contribution >= 0.6 is 0 Å². The van der Waals surface area contributed by atoms with E-state index in [1.807, 2.05) is 21.7 Å². The van der Waals surface area contributed by atoms with Gasteiger partial charge in [0.15, 0.2) is 5.82 Å². The molecule has 4 fully saturated rings. The highest BCUT2D eigenvalue weighted by atomic mass is 19.1. The molecule has 9 heteroatoms. The molecule has 3 aromatic heterocycles. The summed E-state index contributed by atoms with van der Waals surface area (Å²) in [6.07, 6.45) is 8.04. The molecule has 8 nitrogen and oxygen atoms in total. The fraction of sp³-hybridized carbons (Fsp3) is 0.531. The maximum absolute atomic E-state index is 16.2. The zero-order valence-corrected chi connectivity index (χ0v) is 23.7. The highest BCUT2D eigenvalue weighted by molar-refractivity contribution is 5.98. The fourth-order valence-electron chi connectivity index (χ4n) is 7.89. The summed E-state index contributed by atoms with van der Waals surface area (Å²) in [5, 5.41) is 1.05. The molecule has 4 heterocycles. The molecule has 3 atom stereocenters. The van der Waals surface area contributed by atoms with Crippen molar-refractivity contribution in [1.82, 2.24) is 24.0 Å². The van der Waals surface area contributed by atoms with E-state index < -0.39 is 5.82 Å². The van der Waals surface area contributed by atoms with Crippen molar-refractivity contribution < 1.29 is 13.9 Å². The molecular formula is C32H37FN6O2. The van der Waals surface area contributed by atoms with Gasteiger partial charge < -0.3 is 24.5 Å². The van der Waals surface area contributed by atoms with Crippen molar-refractivity contribution in [2.45, 2.75) is 76.2 Å². The Kier molecular flexibility index (Phi) is 5.64. The van der Waals surface area contributed by atoms with Crippen LogP contribution in [0.4, 0.5) is 4.39 Å². The number of methoxy groups -OCH3 is 1. The van der Waals surface area contributed by atoms with E-state index in [2.05, 4.69) is 23.6 Å². The van der Waals surface area contributed by atoms with Crippen LogP contribution in [-0.4, -0.2) is 61.2 Å². The second-order valence-corrected chi connectivity index (χ2v) is 13.2. The monoisotopic (exact) mass is 556 g/mol. The van der Waals surface area contributed by atoms with Gasteiger partial charge in [-0.25, -0.2) is 14.4 Å². The molecule has 2 bridgehead atoms. The number of halogens is 1. The molecule has 4 aromatic rings. The number of carbonyl (C=O) groups is 1. The van der Waals surface area contributed by atoms with Gasteiger partial charge in [-0.05, 0) is 93.5 Å². The number of hydrogen-bond donors (Lipinski definition) is 1. The Balaban J connectivity index is 1.25. The summed E-state index contributed by atoms with van der Waals surface area (Å²) in [6.45, 7) is 4.29. The van der Waals surface area contributed by atoms with Gasteiger partial charge in [-0.3, -0.25) is 4.79 Å². The molecule has 0 unspecified atom stereocenters. The van der Waals surface area contributed by atoms with Crippen molar-refractivity contribution in [1.29, 1.82) is 0 Å². The Morgan fingerprint density at radius 1 is 1.12 bits per heavy atom. The summed E-state index contributed by atoms with van der Waals surface area (Å²) >= 11 is 0. The number of amides is 1. The number of imidazole rings is 1. The first-order chi connectivity index (χ1) is 19.8. The second-order valence-electron chi connectivity index (χ2n) is 13.2. The lowest BCUT2D eigenvalue weighted by Gasteiger charge is -2.44. The Morgan fingerprint density at radius 3 is 2.63 bits per heavy atom. The second kappa shape index (κ2) is 9.10. The molecule has 4 aliphatic rings. The Bertz CT molecular complexity index is 1680. The van der Waals surface area contributed by atoms with E-state index in [1.165, 1.54) is 18.9 Å². The van der Waals surface area contributed by atoms with Crippen molar-refractivity contribution in [3.05, 3.63) is 47.9 Å². The maximum Gasteiger partial charge on any atom is 0.254 e. The molecular weight excluding hydrogens is 519 g/mol. The van der Waals surface area contributed by atoms with Crippen LogP contribution in [0.25, 0.3) is 33.6 Å². The highest BCUT2D eigenvalue weighted by Crippen LogP contribution is 2.43.